The minimum absolute atomic E-state index is 0.244. The molecule has 104 valence electrons. The topological polar surface area (TPSA) is 47.0 Å². The van der Waals surface area contributed by atoms with E-state index in [-0.39, 0.29) is 6.04 Å². The Morgan fingerprint density at radius 2 is 2.30 bits per heavy atom. The van der Waals surface area contributed by atoms with E-state index in [1.54, 1.807) is 12.4 Å². The van der Waals surface area contributed by atoms with Crippen LogP contribution in [0.5, 0.6) is 5.75 Å². The van der Waals surface area contributed by atoms with Gasteiger partial charge in [0.05, 0.1) is 18.3 Å². The van der Waals surface area contributed by atoms with Crippen LogP contribution in [0.25, 0.3) is 0 Å². The molecule has 0 amide bonds. The maximum absolute atomic E-state index is 5.54. The number of aromatic nitrogens is 2. The van der Waals surface area contributed by atoms with Gasteiger partial charge in [-0.25, -0.2) is 0 Å². The first-order valence-electron chi connectivity index (χ1n) is 7.04. The molecule has 0 fully saturated rings. The average Bonchev–Trinajstić information content (AvgIpc) is 2.96. The van der Waals surface area contributed by atoms with Gasteiger partial charge < -0.3 is 10.1 Å². The molecular formula is C16H19N3O. The van der Waals surface area contributed by atoms with E-state index >= 15 is 0 Å². The monoisotopic (exact) mass is 269 g/mol. The number of nitrogens with zero attached hydrogens (tertiary/aromatic N) is 2. The number of fused-ring (bicyclic) bond motifs is 1. The number of hydrogen-bond acceptors (Lipinski definition) is 4. The smallest absolute Gasteiger partial charge is 0.122 e. The molecule has 0 aliphatic carbocycles. The van der Waals surface area contributed by atoms with E-state index in [2.05, 4.69) is 33.5 Å². The molecule has 4 heteroatoms. The van der Waals surface area contributed by atoms with Crippen molar-refractivity contribution in [2.75, 3.05) is 13.7 Å². The quantitative estimate of drug-likeness (QED) is 0.905. The molecule has 1 aromatic carbocycles. The van der Waals surface area contributed by atoms with Crippen molar-refractivity contribution < 1.29 is 4.74 Å². The van der Waals surface area contributed by atoms with Crippen LogP contribution in [0.1, 0.15) is 29.3 Å². The summed E-state index contributed by atoms with van der Waals surface area (Å²) in [6.45, 7) is 0.817. The van der Waals surface area contributed by atoms with Gasteiger partial charge in [-0.3, -0.25) is 9.97 Å². The fraction of sp³-hybridized carbons (Fsp3) is 0.375. The summed E-state index contributed by atoms with van der Waals surface area (Å²) in [4.78, 5) is 8.51. The van der Waals surface area contributed by atoms with Crippen LogP contribution in [0.2, 0.25) is 0 Å². The second-order valence-corrected chi connectivity index (χ2v) is 5.05. The zero-order valence-corrected chi connectivity index (χ0v) is 11.7. The van der Waals surface area contributed by atoms with E-state index in [4.69, 9.17) is 4.74 Å². The molecule has 20 heavy (non-hydrogen) atoms. The molecule has 1 aliphatic heterocycles. The van der Waals surface area contributed by atoms with E-state index in [1.165, 1.54) is 11.1 Å². The molecule has 1 aromatic heterocycles. The third-order valence-electron chi connectivity index (χ3n) is 3.76. The van der Waals surface area contributed by atoms with E-state index in [0.717, 1.165) is 37.3 Å². The predicted molar refractivity (Wildman–Crippen MR) is 77.8 cm³/mol. The first-order chi connectivity index (χ1) is 9.86. The third-order valence-corrected chi connectivity index (χ3v) is 3.76. The molecule has 0 saturated carbocycles. The summed E-state index contributed by atoms with van der Waals surface area (Å²) >= 11 is 0. The minimum atomic E-state index is 0.244. The van der Waals surface area contributed by atoms with E-state index < -0.39 is 0 Å². The average molecular weight is 269 g/mol. The van der Waals surface area contributed by atoms with Crippen molar-refractivity contribution in [1.82, 2.24) is 15.3 Å². The van der Waals surface area contributed by atoms with E-state index in [0.29, 0.717) is 0 Å². The Kier molecular flexibility index (Phi) is 3.92. The molecule has 1 N–H and O–H groups in total. The molecule has 3 rings (SSSR count). The molecule has 2 heterocycles. The van der Waals surface area contributed by atoms with Crippen LogP contribution in [0.3, 0.4) is 0 Å². The van der Waals surface area contributed by atoms with Gasteiger partial charge in [0.2, 0.25) is 0 Å². The molecule has 1 atom stereocenters. The Morgan fingerprint density at radius 1 is 1.35 bits per heavy atom. The number of ether oxygens (including phenoxy) is 1. The van der Waals surface area contributed by atoms with Gasteiger partial charge in [0.1, 0.15) is 5.75 Å². The number of benzene rings is 1. The lowest BCUT2D eigenvalue weighted by molar-refractivity contribution is 0.357. The normalized spacial score (nSPS) is 14.7. The van der Waals surface area contributed by atoms with Crippen LogP contribution in [-0.4, -0.2) is 23.6 Å². The van der Waals surface area contributed by atoms with E-state index in [9.17, 15) is 0 Å². The Morgan fingerprint density at radius 3 is 3.10 bits per heavy atom. The van der Waals surface area contributed by atoms with Crippen molar-refractivity contribution in [3.63, 3.8) is 0 Å². The maximum Gasteiger partial charge on any atom is 0.122 e. The number of nitrogens with one attached hydrogen (secondary N) is 1. The minimum Gasteiger partial charge on any atom is -0.493 e. The molecule has 0 bridgehead atoms. The highest BCUT2D eigenvalue weighted by atomic mass is 16.5. The van der Waals surface area contributed by atoms with Gasteiger partial charge >= 0.3 is 0 Å². The highest BCUT2D eigenvalue weighted by Crippen LogP contribution is 2.27. The molecular weight excluding hydrogens is 250 g/mol. The van der Waals surface area contributed by atoms with Gasteiger partial charge in [-0.05, 0) is 37.1 Å². The standard InChI is InChI=1S/C16H19N3O/c1-17-14(15-11-18-7-8-19-15)4-2-12-3-5-16-13(10-12)6-9-20-16/h3,5,7-8,10-11,14,17H,2,4,6,9H2,1H3. The Bertz CT molecular complexity index is 571. The Balaban J connectivity index is 1.66. The summed E-state index contributed by atoms with van der Waals surface area (Å²) in [6, 6.07) is 6.77. The summed E-state index contributed by atoms with van der Waals surface area (Å²) in [5, 5.41) is 3.31. The first kappa shape index (κ1) is 13.1. The summed E-state index contributed by atoms with van der Waals surface area (Å²) in [5.74, 6) is 1.05. The first-order valence-corrected chi connectivity index (χ1v) is 7.04. The molecule has 0 saturated heterocycles. The summed E-state index contributed by atoms with van der Waals surface area (Å²) in [5.41, 5.74) is 3.70. The van der Waals surface area contributed by atoms with E-state index in [1.807, 2.05) is 13.2 Å². The highest BCUT2D eigenvalue weighted by Gasteiger charge is 2.14. The van der Waals surface area contributed by atoms with Crippen LogP contribution in [0, 0.1) is 0 Å². The Labute approximate surface area is 119 Å². The second-order valence-electron chi connectivity index (χ2n) is 5.05. The van der Waals surface area contributed by atoms with Crippen LogP contribution in [0.15, 0.2) is 36.8 Å². The van der Waals surface area contributed by atoms with Crippen molar-refractivity contribution in [3.8, 4) is 5.75 Å². The fourth-order valence-corrected chi connectivity index (χ4v) is 2.64. The lowest BCUT2D eigenvalue weighted by Crippen LogP contribution is -2.18. The molecule has 0 spiro atoms. The van der Waals surface area contributed by atoms with Gasteiger partial charge in [0, 0.05) is 25.0 Å². The second kappa shape index (κ2) is 6.01. The molecule has 1 unspecified atom stereocenters. The van der Waals surface area contributed by atoms with Gasteiger partial charge in [0.25, 0.3) is 0 Å². The van der Waals surface area contributed by atoms with Crippen molar-refractivity contribution >= 4 is 0 Å². The SMILES string of the molecule is CNC(CCc1ccc2c(c1)CCO2)c1cnccn1. The molecule has 1 aliphatic rings. The zero-order chi connectivity index (χ0) is 13.8. The van der Waals surface area contributed by atoms with Crippen LogP contribution >= 0.6 is 0 Å². The van der Waals surface area contributed by atoms with Crippen molar-refractivity contribution in [1.29, 1.82) is 0 Å². The summed E-state index contributed by atoms with van der Waals surface area (Å²) in [6.07, 6.45) is 8.34. The third kappa shape index (κ3) is 2.80. The maximum atomic E-state index is 5.54. The lowest BCUT2D eigenvalue weighted by atomic mass is 10.0. The number of hydrogen-bond donors (Lipinski definition) is 1. The van der Waals surface area contributed by atoms with Gasteiger partial charge in [-0.1, -0.05) is 12.1 Å². The van der Waals surface area contributed by atoms with Gasteiger partial charge in [-0.15, -0.1) is 0 Å². The molecule has 0 radical (unpaired) electrons. The summed E-state index contributed by atoms with van der Waals surface area (Å²) in [7, 11) is 1.97. The van der Waals surface area contributed by atoms with Gasteiger partial charge in [-0.2, -0.15) is 0 Å². The molecule has 4 nitrogen and oxygen atoms in total. The van der Waals surface area contributed by atoms with Crippen molar-refractivity contribution in [2.24, 2.45) is 0 Å². The fourth-order valence-electron chi connectivity index (χ4n) is 2.64. The molecule has 2 aromatic rings. The predicted octanol–water partition coefficient (Wildman–Crippen LogP) is 2.30. The van der Waals surface area contributed by atoms with Crippen molar-refractivity contribution in [2.45, 2.75) is 25.3 Å². The van der Waals surface area contributed by atoms with Gasteiger partial charge in [0.15, 0.2) is 0 Å². The largest absolute Gasteiger partial charge is 0.493 e. The highest BCUT2D eigenvalue weighted by molar-refractivity contribution is 5.39. The number of aryl methyl sites for hydroxylation is 1. The van der Waals surface area contributed by atoms with Crippen LogP contribution < -0.4 is 10.1 Å². The van der Waals surface area contributed by atoms with Crippen LogP contribution in [-0.2, 0) is 12.8 Å². The number of rotatable bonds is 5. The Hall–Kier alpha value is -1.94. The summed E-state index contributed by atoms with van der Waals surface area (Å²) < 4.78 is 5.54. The van der Waals surface area contributed by atoms with Crippen LogP contribution in [0.4, 0.5) is 0 Å². The zero-order valence-electron chi connectivity index (χ0n) is 11.7. The lowest BCUT2D eigenvalue weighted by Gasteiger charge is -2.15. The van der Waals surface area contributed by atoms with Crippen molar-refractivity contribution in [3.05, 3.63) is 53.6 Å².